The van der Waals surface area contributed by atoms with Gasteiger partial charge in [0.1, 0.15) is 18.0 Å². The Morgan fingerprint density at radius 1 is 1.57 bits per heavy atom. The second-order valence-corrected chi connectivity index (χ2v) is 4.46. The maximum absolute atomic E-state index is 13.0. The third-order valence-electron chi connectivity index (χ3n) is 2.97. The maximum atomic E-state index is 13.0. The fourth-order valence-electron chi connectivity index (χ4n) is 1.69. The highest BCUT2D eigenvalue weighted by atomic mass is 19.1. The Morgan fingerprint density at radius 2 is 2.33 bits per heavy atom. The van der Waals surface area contributed by atoms with Gasteiger partial charge in [-0.2, -0.15) is 0 Å². The van der Waals surface area contributed by atoms with Gasteiger partial charge >= 0.3 is 0 Å². The van der Waals surface area contributed by atoms with Gasteiger partial charge in [0.15, 0.2) is 5.65 Å². The molecule has 1 atom stereocenters. The predicted molar refractivity (Wildman–Crippen MR) is 83.3 cm³/mol. The molecule has 0 saturated carbocycles. The van der Waals surface area contributed by atoms with E-state index < -0.39 is 5.83 Å². The zero-order chi connectivity index (χ0) is 15.4. The minimum Gasteiger partial charge on any atom is -0.383 e. The van der Waals surface area contributed by atoms with Crippen LogP contribution in [0.4, 0.5) is 10.2 Å². The van der Waals surface area contributed by atoms with Gasteiger partial charge in [0, 0.05) is 6.20 Å². The summed E-state index contributed by atoms with van der Waals surface area (Å²) in [4.78, 5) is 12.1. The van der Waals surface area contributed by atoms with Gasteiger partial charge in [0.05, 0.1) is 23.3 Å². The number of halogens is 1. The molecule has 2 aromatic rings. The summed E-state index contributed by atoms with van der Waals surface area (Å²) in [5.74, 6) is 0.00971. The Balaban J connectivity index is 2.15. The largest absolute Gasteiger partial charge is 0.383 e. The summed E-state index contributed by atoms with van der Waals surface area (Å²) in [7, 11) is 0. The van der Waals surface area contributed by atoms with Crippen LogP contribution >= 0.6 is 0 Å². The van der Waals surface area contributed by atoms with Crippen molar-refractivity contribution in [3.8, 4) is 0 Å². The molecule has 21 heavy (non-hydrogen) atoms. The second-order valence-electron chi connectivity index (χ2n) is 4.46. The van der Waals surface area contributed by atoms with Gasteiger partial charge in [0.2, 0.25) is 0 Å². The van der Waals surface area contributed by atoms with Crippen molar-refractivity contribution in [3.05, 3.63) is 42.8 Å². The molecule has 0 spiro atoms. The molecule has 2 rings (SSSR count). The number of nitrogens with two attached hydrogens (primary N) is 1. The van der Waals surface area contributed by atoms with Crippen LogP contribution in [0.2, 0.25) is 0 Å². The lowest BCUT2D eigenvalue weighted by Gasteiger charge is -2.16. The molecule has 0 fully saturated rings. The molecule has 3 N–H and O–H groups in total. The molecule has 0 amide bonds. The number of aromatic nitrogens is 3. The fourth-order valence-corrected chi connectivity index (χ4v) is 1.69. The molecule has 0 bridgehead atoms. The molecule has 0 aliphatic heterocycles. The molecule has 0 aliphatic carbocycles. The van der Waals surface area contributed by atoms with Crippen LogP contribution in [0.3, 0.4) is 0 Å². The Kier molecular flexibility index (Phi) is 4.32. The van der Waals surface area contributed by atoms with Crippen molar-refractivity contribution in [2.75, 3.05) is 11.2 Å². The summed E-state index contributed by atoms with van der Waals surface area (Å²) in [6, 6.07) is 1.60. The summed E-state index contributed by atoms with van der Waals surface area (Å²) < 4.78 is 14.7. The Morgan fingerprint density at radius 3 is 3.05 bits per heavy atom. The van der Waals surface area contributed by atoms with Crippen LogP contribution in [0, 0.1) is 0 Å². The normalized spacial score (nSPS) is 13.8. The van der Waals surface area contributed by atoms with Gasteiger partial charge in [-0.15, -0.1) is 0 Å². The van der Waals surface area contributed by atoms with E-state index >= 15 is 0 Å². The van der Waals surface area contributed by atoms with E-state index in [1.54, 1.807) is 17.8 Å². The van der Waals surface area contributed by atoms with Gasteiger partial charge in [-0.3, -0.25) is 4.99 Å². The van der Waals surface area contributed by atoms with Gasteiger partial charge in [-0.05, 0) is 19.9 Å². The van der Waals surface area contributed by atoms with Crippen molar-refractivity contribution in [3.63, 3.8) is 0 Å². The van der Waals surface area contributed by atoms with Crippen molar-refractivity contribution in [2.45, 2.75) is 19.9 Å². The van der Waals surface area contributed by atoms with E-state index in [-0.39, 0.29) is 6.04 Å². The molecular weight excluding hydrogens is 271 g/mol. The van der Waals surface area contributed by atoms with Crippen molar-refractivity contribution >= 4 is 23.1 Å². The Bertz CT molecular complexity index is 715. The highest BCUT2D eigenvalue weighted by molar-refractivity contribution is 5.86. The first kappa shape index (κ1) is 14.7. The molecule has 0 saturated heterocycles. The highest BCUT2D eigenvalue weighted by Crippen LogP contribution is 2.17. The van der Waals surface area contributed by atoms with Crippen LogP contribution < -0.4 is 11.2 Å². The van der Waals surface area contributed by atoms with Crippen LogP contribution in [-0.2, 0) is 0 Å². The van der Waals surface area contributed by atoms with E-state index in [1.807, 2.05) is 13.0 Å². The zero-order valence-electron chi connectivity index (χ0n) is 11.9. The monoisotopic (exact) mass is 288 g/mol. The lowest BCUT2D eigenvalue weighted by Crippen LogP contribution is -2.25. The van der Waals surface area contributed by atoms with Gasteiger partial charge in [-0.25, -0.2) is 19.0 Å². The maximum Gasteiger partial charge on any atom is 0.163 e. The van der Waals surface area contributed by atoms with Gasteiger partial charge in [0.25, 0.3) is 0 Å². The van der Waals surface area contributed by atoms with E-state index in [0.29, 0.717) is 17.2 Å². The van der Waals surface area contributed by atoms with E-state index in [2.05, 4.69) is 27.0 Å². The van der Waals surface area contributed by atoms with Gasteiger partial charge in [-0.1, -0.05) is 12.7 Å². The van der Waals surface area contributed by atoms with Crippen LogP contribution in [0.25, 0.3) is 11.0 Å². The molecule has 110 valence electrons. The third-order valence-corrected chi connectivity index (χ3v) is 2.97. The summed E-state index contributed by atoms with van der Waals surface area (Å²) >= 11 is 0. The molecule has 6 nitrogen and oxygen atoms in total. The summed E-state index contributed by atoms with van der Waals surface area (Å²) in [5, 5.41) is 0.756. The number of allylic oxidation sites excluding steroid dienone is 2. The fraction of sp³-hybridized carbons (Fsp3) is 0.214. The lowest BCUT2D eigenvalue weighted by molar-refractivity contribution is 0.683. The number of fused-ring (bicyclic) bond motifs is 1. The van der Waals surface area contributed by atoms with E-state index in [9.17, 15) is 4.39 Å². The SMILES string of the molecule is C=C(N=C/C(F)=C\C)C(C)Nn1ccc2c(N)ncnc21. The van der Waals surface area contributed by atoms with Crippen molar-refractivity contribution < 1.29 is 4.39 Å². The summed E-state index contributed by atoms with van der Waals surface area (Å²) in [5.41, 5.74) is 10.1. The number of hydrogen-bond donors (Lipinski definition) is 2. The smallest absolute Gasteiger partial charge is 0.163 e. The van der Waals surface area contributed by atoms with Crippen LogP contribution in [0.15, 0.2) is 47.8 Å². The number of anilines is 1. The summed E-state index contributed by atoms with van der Waals surface area (Å²) in [6.45, 7) is 7.28. The molecule has 0 radical (unpaired) electrons. The molecule has 2 aromatic heterocycles. The van der Waals surface area contributed by atoms with Crippen LogP contribution in [-0.4, -0.2) is 26.9 Å². The zero-order valence-corrected chi connectivity index (χ0v) is 11.9. The first-order chi connectivity index (χ1) is 10.0. The first-order valence-electron chi connectivity index (χ1n) is 6.41. The quantitative estimate of drug-likeness (QED) is 0.828. The predicted octanol–water partition coefficient (Wildman–Crippen LogP) is 2.40. The molecule has 7 heteroatoms. The third kappa shape index (κ3) is 3.25. The molecular formula is C14H17FN6. The number of nitrogen functional groups attached to an aromatic ring is 1. The van der Waals surface area contributed by atoms with Crippen LogP contribution in [0.5, 0.6) is 0 Å². The molecule has 0 aromatic carbocycles. The highest BCUT2D eigenvalue weighted by Gasteiger charge is 2.10. The van der Waals surface area contributed by atoms with Crippen molar-refractivity contribution in [1.82, 2.24) is 14.6 Å². The average Bonchev–Trinajstić information content (AvgIpc) is 2.89. The van der Waals surface area contributed by atoms with E-state index in [4.69, 9.17) is 5.73 Å². The summed E-state index contributed by atoms with van der Waals surface area (Å²) in [6.07, 6.45) is 5.65. The van der Waals surface area contributed by atoms with Crippen molar-refractivity contribution in [2.24, 2.45) is 4.99 Å². The van der Waals surface area contributed by atoms with Crippen LogP contribution in [0.1, 0.15) is 13.8 Å². The van der Waals surface area contributed by atoms with E-state index in [1.165, 1.54) is 12.4 Å². The number of aliphatic imine (C=N–C) groups is 1. The molecule has 0 aliphatic rings. The standard InChI is InChI=1S/C14H17FN6/c1-4-11(15)7-17-9(2)10(3)20-21-6-5-12-13(16)18-8-19-14(12)21/h4-8,10,20H,2H2,1,3H3,(H2,16,18,19)/b11-4+,17-7?. The second kappa shape index (κ2) is 6.17. The number of nitrogens with one attached hydrogen (secondary N) is 1. The van der Waals surface area contributed by atoms with Crippen molar-refractivity contribution in [1.29, 1.82) is 0 Å². The number of rotatable bonds is 5. The van der Waals surface area contributed by atoms with Gasteiger partial charge < -0.3 is 11.2 Å². The molecule has 1 unspecified atom stereocenters. The topological polar surface area (TPSA) is 81.1 Å². The Hall–Kier alpha value is -2.70. The lowest BCUT2D eigenvalue weighted by atomic mass is 10.3. The Labute approximate surface area is 121 Å². The van der Waals surface area contributed by atoms with E-state index in [0.717, 1.165) is 11.6 Å². The number of nitrogens with zero attached hydrogens (tertiary/aromatic N) is 4. The first-order valence-corrected chi connectivity index (χ1v) is 6.41. The number of hydrogen-bond acceptors (Lipinski definition) is 5. The average molecular weight is 288 g/mol. The minimum absolute atomic E-state index is 0.210. The molecule has 2 heterocycles. The minimum atomic E-state index is -0.407.